The second kappa shape index (κ2) is 2.80. The highest BCUT2D eigenvalue weighted by Crippen LogP contribution is 2.40. The van der Waals surface area contributed by atoms with Crippen LogP contribution in [0.25, 0.3) is 0 Å². The summed E-state index contributed by atoms with van der Waals surface area (Å²) in [7, 11) is 0. The smallest absolute Gasteiger partial charge is 0.108 e. The number of nitrogens with zero attached hydrogens (tertiary/aromatic N) is 1. The van der Waals surface area contributed by atoms with E-state index in [1.165, 1.54) is 0 Å². The zero-order chi connectivity index (χ0) is 8.48. The molecule has 0 aliphatic carbocycles. The Hall–Kier alpha value is -0.590. The number of epoxide rings is 1. The maximum absolute atomic E-state index is 8.70. The molecule has 0 bridgehead atoms. The molecule has 3 heteroatoms. The van der Waals surface area contributed by atoms with Gasteiger partial charge in [-0.05, 0) is 0 Å². The predicted molar refractivity (Wildman–Crippen MR) is 39.8 cm³/mol. The van der Waals surface area contributed by atoms with E-state index >= 15 is 0 Å². The van der Waals surface area contributed by atoms with Gasteiger partial charge in [0.15, 0.2) is 0 Å². The van der Waals surface area contributed by atoms with Crippen LogP contribution in [0.1, 0.15) is 20.3 Å². The largest absolute Gasteiger partial charge is 0.394 e. The molecule has 1 fully saturated rings. The first-order chi connectivity index (χ1) is 5.11. The molecule has 1 rings (SSSR count). The Labute approximate surface area is 66.6 Å². The molecule has 1 saturated heterocycles. The number of aliphatic hydroxyl groups is 1. The van der Waals surface area contributed by atoms with Gasteiger partial charge in [0.1, 0.15) is 6.10 Å². The topological polar surface area (TPSA) is 56.5 Å². The molecule has 0 spiro atoms. The molecule has 1 N–H and O–H groups in total. The van der Waals surface area contributed by atoms with Crippen LogP contribution in [0, 0.1) is 16.7 Å². The maximum Gasteiger partial charge on any atom is 0.108 e. The van der Waals surface area contributed by atoms with Crippen molar-refractivity contribution in [1.82, 2.24) is 0 Å². The van der Waals surface area contributed by atoms with Crippen LogP contribution in [0.4, 0.5) is 0 Å². The number of nitriles is 1. The van der Waals surface area contributed by atoms with Crippen molar-refractivity contribution in [2.45, 2.75) is 32.5 Å². The van der Waals surface area contributed by atoms with E-state index in [1.807, 2.05) is 13.8 Å². The van der Waals surface area contributed by atoms with Gasteiger partial charge in [0.2, 0.25) is 0 Å². The third kappa shape index (κ3) is 1.70. The van der Waals surface area contributed by atoms with E-state index in [1.54, 1.807) is 0 Å². The second-order valence-corrected chi connectivity index (χ2v) is 3.60. The van der Waals surface area contributed by atoms with Gasteiger partial charge >= 0.3 is 0 Å². The van der Waals surface area contributed by atoms with Crippen molar-refractivity contribution in [1.29, 1.82) is 5.26 Å². The number of rotatable bonds is 3. The molecule has 0 saturated carbocycles. The molecule has 1 aliphatic rings. The van der Waals surface area contributed by atoms with Crippen LogP contribution in [0.3, 0.4) is 0 Å². The first kappa shape index (κ1) is 8.51. The van der Waals surface area contributed by atoms with Gasteiger partial charge in [-0.2, -0.15) is 5.26 Å². The van der Waals surface area contributed by atoms with Gasteiger partial charge in [-0.25, -0.2) is 0 Å². The molecule has 0 unspecified atom stereocenters. The van der Waals surface area contributed by atoms with E-state index < -0.39 is 0 Å². The average molecular weight is 155 g/mol. The lowest BCUT2D eigenvalue weighted by molar-refractivity contribution is 0.224. The molecule has 1 aliphatic heterocycles. The summed E-state index contributed by atoms with van der Waals surface area (Å²) in [5, 5.41) is 17.2. The Kier molecular flexibility index (Phi) is 2.17. The fourth-order valence-electron chi connectivity index (χ4n) is 1.27. The third-order valence-electron chi connectivity index (χ3n) is 2.07. The van der Waals surface area contributed by atoms with E-state index in [0.29, 0.717) is 6.42 Å². The van der Waals surface area contributed by atoms with Gasteiger partial charge in [0.25, 0.3) is 0 Å². The summed E-state index contributed by atoms with van der Waals surface area (Å²) in [6.07, 6.45) is 0.527. The van der Waals surface area contributed by atoms with E-state index in [-0.39, 0.29) is 24.2 Å². The standard InChI is InChI=1S/C8H13NO2/c1-8(2,3-4-9)7-6(5-10)11-7/h6-7,10H,3,5H2,1-2H3/t6-,7+/m0/s1. The summed E-state index contributed by atoms with van der Waals surface area (Å²) in [5.41, 5.74) is -0.109. The Balaban J connectivity index is 2.42. The Morgan fingerprint density at radius 3 is 2.64 bits per heavy atom. The predicted octanol–water partition coefficient (Wildman–Crippen LogP) is 0.686. The van der Waals surface area contributed by atoms with Crippen LogP contribution in [0.5, 0.6) is 0 Å². The number of hydrogen-bond acceptors (Lipinski definition) is 3. The SMILES string of the molecule is CC(C)(CC#N)[C@@H]1O[C@H]1CO. The molecule has 0 aromatic carbocycles. The molecular weight excluding hydrogens is 142 g/mol. The van der Waals surface area contributed by atoms with Crippen molar-refractivity contribution in [3.05, 3.63) is 0 Å². The van der Waals surface area contributed by atoms with Crippen LogP contribution in [0.2, 0.25) is 0 Å². The van der Waals surface area contributed by atoms with Crippen molar-refractivity contribution in [2.75, 3.05) is 6.61 Å². The first-order valence-corrected chi connectivity index (χ1v) is 3.75. The highest BCUT2D eigenvalue weighted by molar-refractivity contribution is 4.99. The van der Waals surface area contributed by atoms with Crippen LogP contribution in [-0.2, 0) is 4.74 Å². The normalized spacial score (nSPS) is 29.6. The summed E-state index contributed by atoms with van der Waals surface area (Å²) in [4.78, 5) is 0. The lowest BCUT2D eigenvalue weighted by Gasteiger charge is -2.17. The molecule has 0 radical (unpaired) electrons. The van der Waals surface area contributed by atoms with Crippen molar-refractivity contribution >= 4 is 0 Å². The lowest BCUT2D eigenvalue weighted by atomic mass is 9.85. The Morgan fingerprint density at radius 2 is 2.27 bits per heavy atom. The summed E-state index contributed by atoms with van der Waals surface area (Å²) in [5.74, 6) is 0. The molecular formula is C8H13NO2. The monoisotopic (exact) mass is 155 g/mol. The second-order valence-electron chi connectivity index (χ2n) is 3.60. The third-order valence-corrected chi connectivity index (χ3v) is 2.07. The zero-order valence-electron chi connectivity index (χ0n) is 6.87. The summed E-state index contributed by atoms with van der Waals surface area (Å²) in [6.45, 7) is 4.03. The molecule has 0 aromatic heterocycles. The maximum atomic E-state index is 8.70. The van der Waals surface area contributed by atoms with E-state index in [9.17, 15) is 0 Å². The number of ether oxygens (including phenoxy) is 1. The average Bonchev–Trinajstić information content (AvgIpc) is 2.65. The van der Waals surface area contributed by atoms with Gasteiger partial charge in [0.05, 0.1) is 18.8 Å². The zero-order valence-corrected chi connectivity index (χ0v) is 6.87. The summed E-state index contributed by atoms with van der Waals surface area (Å²) in [6, 6.07) is 2.11. The van der Waals surface area contributed by atoms with E-state index in [2.05, 4.69) is 6.07 Å². The highest BCUT2D eigenvalue weighted by Gasteiger charge is 2.48. The molecule has 11 heavy (non-hydrogen) atoms. The molecule has 0 amide bonds. The lowest BCUT2D eigenvalue weighted by Crippen LogP contribution is -2.21. The molecule has 62 valence electrons. The molecule has 3 nitrogen and oxygen atoms in total. The molecule has 1 heterocycles. The van der Waals surface area contributed by atoms with Crippen LogP contribution in [0.15, 0.2) is 0 Å². The number of aliphatic hydroxyl groups excluding tert-OH is 1. The van der Waals surface area contributed by atoms with Gasteiger partial charge in [0, 0.05) is 11.8 Å². The Bertz CT molecular complexity index is 183. The summed E-state index contributed by atoms with van der Waals surface area (Å²) >= 11 is 0. The number of hydrogen-bond donors (Lipinski definition) is 1. The minimum Gasteiger partial charge on any atom is -0.394 e. The van der Waals surface area contributed by atoms with Crippen LogP contribution in [-0.4, -0.2) is 23.9 Å². The van der Waals surface area contributed by atoms with E-state index in [0.717, 1.165) is 0 Å². The highest BCUT2D eigenvalue weighted by atomic mass is 16.6. The van der Waals surface area contributed by atoms with Gasteiger partial charge in [-0.1, -0.05) is 13.8 Å². The van der Waals surface area contributed by atoms with Crippen LogP contribution >= 0.6 is 0 Å². The van der Waals surface area contributed by atoms with E-state index in [4.69, 9.17) is 15.1 Å². The quantitative estimate of drug-likeness (QED) is 0.610. The molecule has 2 atom stereocenters. The van der Waals surface area contributed by atoms with Gasteiger partial charge in [-0.15, -0.1) is 0 Å². The van der Waals surface area contributed by atoms with Gasteiger partial charge in [-0.3, -0.25) is 0 Å². The van der Waals surface area contributed by atoms with Crippen LogP contribution < -0.4 is 0 Å². The van der Waals surface area contributed by atoms with Crippen molar-refractivity contribution in [3.63, 3.8) is 0 Å². The Morgan fingerprint density at radius 1 is 1.64 bits per heavy atom. The summed E-state index contributed by atoms with van der Waals surface area (Å²) < 4.78 is 5.18. The van der Waals surface area contributed by atoms with Crippen molar-refractivity contribution in [3.8, 4) is 6.07 Å². The molecule has 0 aromatic rings. The van der Waals surface area contributed by atoms with Crippen molar-refractivity contribution < 1.29 is 9.84 Å². The fraction of sp³-hybridized carbons (Fsp3) is 0.875. The first-order valence-electron chi connectivity index (χ1n) is 3.75. The van der Waals surface area contributed by atoms with Crippen molar-refractivity contribution in [2.24, 2.45) is 5.41 Å². The van der Waals surface area contributed by atoms with Gasteiger partial charge < -0.3 is 9.84 Å². The fourth-order valence-corrected chi connectivity index (χ4v) is 1.27. The minimum absolute atomic E-state index is 0.0293. The minimum atomic E-state index is -0.109.